The summed E-state index contributed by atoms with van der Waals surface area (Å²) in [6.07, 6.45) is 11.7. The zero-order chi connectivity index (χ0) is 6.53. The fourth-order valence-electron chi connectivity index (χ4n) is 0.896. The molecule has 0 atom stereocenters. The van der Waals surface area contributed by atoms with Gasteiger partial charge in [-0.25, -0.2) is 0 Å². The van der Waals surface area contributed by atoms with Gasteiger partial charge in [0, 0.05) is 0 Å². The van der Waals surface area contributed by atoms with Crippen molar-refractivity contribution in [3.05, 3.63) is 22.4 Å². The fourth-order valence-corrected chi connectivity index (χ4v) is 1.34. The van der Waals surface area contributed by atoms with E-state index in [2.05, 4.69) is 36.5 Å². The van der Waals surface area contributed by atoms with Crippen molar-refractivity contribution < 1.29 is 18.3 Å². The minimum absolute atomic E-state index is 1.25. The normalized spacial score (nSPS) is 29.8. The summed E-state index contributed by atoms with van der Waals surface area (Å²) >= 11 is 2.95. The minimum atomic E-state index is 1.25. The summed E-state index contributed by atoms with van der Waals surface area (Å²) in [6.45, 7) is 0. The van der Waals surface area contributed by atoms with Gasteiger partial charge in [0.05, 0.1) is 0 Å². The summed E-state index contributed by atoms with van der Waals surface area (Å²) in [7, 11) is 0. The van der Waals surface area contributed by atoms with Crippen LogP contribution in [0.2, 0.25) is 0 Å². The zero-order valence-electron chi connectivity index (χ0n) is 5.39. The fraction of sp³-hybridized carbons (Fsp3) is 0.500. The molecule has 0 aromatic carbocycles. The Kier molecular flexibility index (Phi) is 3.21. The Morgan fingerprint density at radius 3 is 3.11 bits per heavy atom. The van der Waals surface area contributed by atoms with Crippen molar-refractivity contribution in [3.8, 4) is 0 Å². The van der Waals surface area contributed by atoms with E-state index in [1.807, 2.05) is 0 Å². The molecule has 0 nitrogen and oxygen atoms in total. The average molecular weight is 210 g/mol. The first kappa shape index (κ1) is 7.21. The molecule has 0 amide bonds. The van der Waals surface area contributed by atoms with Gasteiger partial charge < -0.3 is 0 Å². The summed E-state index contributed by atoms with van der Waals surface area (Å²) < 4.78 is 1.41. The van der Waals surface area contributed by atoms with Crippen LogP contribution in [0.25, 0.3) is 0 Å². The molecule has 1 aliphatic carbocycles. The Morgan fingerprint density at radius 1 is 1.33 bits per heavy atom. The van der Waals surface area contributed by atoms with Gasteiger partial charge >= 0.3 is 66.4 Å². The third-order valence-corrected chi connectivity index (χ3v) is 2.11. The van der Waals surface area contributed by atoms with Crippen molar-refractivity contribution in [1.29, 1.82) is 0 Å². The molecule has 0 spiro atoms. The van der Waals surface area contributed by atoms with E-state index in [4.69, 9.17) is 0 Å². The van der Waals surface area contributed by atoms with E-state index in [0.717, 1.165) is 0 Å². The second-order valence-corrected chi connectivity index (χ2v) is 3.31. The third-order valence-electron chi connectivity index (χ3n) is 1.43. The number of rotatable bonds is 0. The second-order valence-electron chi connectivity index (χ2n) is 2.26. The Labute approximate surface area is 66.7 Å². The van der Waals surface area contributed by atoms with E-state index in [1.54, 1.807) is 0 Å². The zero-order valence-corrected chi connectivity index (χ0v) is 7.03. The summed E-state index contributed by atoms with van der Waals surface area (Å²) in [4.78, 5) is 0. The second kappa shape index (κ2) is 4.01. The molecule has 0 aliphatic heterocycles. The molecular formula is C8H11Rh. The van der Waals surface area contributed by atoms with E-state index in [-0.39, 0.29) is 0 Å². The molecule has 0 radical (unpaired) electrons. The molecule has 0 saturated heterocycles. The first-order valence-electron chi connectivity index (χ1n) is 3.38. The maximum atomic E-state index is 2.95. The van der Waals surface area contributed by atoms with Gasteiger partial charge in [-0.05, 0) is 0 Å². The van der Waals surface area contributed by atoms with Gasteiger partial charge in [-0.15, -0.1) is 0 Å². The van der Waals surface area contributed by atoms with Gasteiger partial charge in [0.25, 0.3) is 0 Å². The first-order valence-corrected chi connectivity index (χ1v) is 4.20. The van der Waals surface area contributed by atoms with Gasteiger partial charge in [0.1, 0.15) is 0 Å². The van der Waals surface area contributed by atoms with Gasteiger partial charge in [-0.1, -0.05) is 0 Å². The SMILES string of the molecule is [Rh]/[C]1=C/C=C\CCCC1. The molecule has 1 heteroatoms. The molecule has 0 heterocycles. The Morgan fingerprint density at radius 2 is 2.22 bits per heavy atom. The Hall–Kier alpha value is 0.103. The molecule has 0 N–H and O–H groups in total. The van der Waals surface area contributed by atoms with Crippen LogP contribution in [0.15, 0.2) is 22.4 Å². The predicted octanol–water partition coefficient (Wildman–Crippen LogP) is 2.55. The molecule has 0 bridgehead atoms. The number of hydrogen-bond acceptors (Lipinski definition) is 0. The quantitative estimate of drug-likeness (QED) is 0.539. The Balaban J connectivity index is 2.48. The topological polar surface area (TPSA) is 0 Å². The molecule has 0 aromatic heterocycles. The van der Waals surface area contributed by atoms with Crippen LogP contribution in [-0.4, -0.2) is 0 Å². The molecule has 0 saturated carbocycles. The van der Waals surface area contributed by atoms with Crippen LogP contribution in [0.1, 0.15) is 25.7 Å². The summed E-state index contributed by atoms with van der Waals surface area (Å²) in [5.74, 6) is 0. The monoisotopic (exact) mass is 210 g/mol. The van der Waals surface area contributed by atoms with E-state index < -0.39 is 0 Å². The van der Waals surface area contributed by atoms with Crippen molar-refractivity contribution >= 4 is 0 Å². The molecule has 9 heavy (non-hydrogen) atoms. The van der Waals surface area contributed by atoms with Crippen molar-refractivity contribution in [2.75, 3.05) is 0 Å². The van der Waals surface area contributed by atoms with Crippen molar-refractivity contribution in [2.45, 2.75) is 25.7 Å². The molecular weight excluding hydrogens is 199 g/mol. The third kappa shape index (κ3) is 2.96. The Bertz CT molecular complexity index is 134. The van der Waals surface area contributed by atoms with Crippen molar-refractivity contribution in [3.63, 3.8) is 0 Å². The van der Waals surface area contributed by atoms with Crippen molar-refractivity contribution in [2.24, 2.45) is 0 Å². The molecule has 0 fully saturated rings. The molecule has 1 aliphatic rings. The van der Waals surface area contributed by atoms with Crippen LogP contribution in [0.3, 0.4) is 0 Å². The van der Waals surface area contributed by atoms with E-state index in [0.29, 0.717) is 0 Å². The molecule has 0 aromatic rings. The first-order chi connectivity index (χ1) is 4.39. The number of hydrogen-bond donors (Lipinski definition) is 0. The van der Waals surface area contributed by atoms with Gasteiger partial charge in [-0.3, -0.25) is 0 Å². The van der Waals surface area contributed by atoms with Crippen LogP contribution in [0.5, 0.6) is 0 Å². The van der Waals surface area contributed by atoms with E-state index >= 15 is 0 Å². The average Bonchev–Trinajstić information content (AvgIpc) is 1.79. The summed E-state index contributed by atoms with van der Waals surface area (Å²) in [5.41, 5.74) is 0. The van der Waals surface area contributed by atoms with E-state index in [9.17, 15) is 0 Å². The summed E-state index contributed by atoms with van der Waals surface area (Å²) in [6, 6.07) is 0. The van der Waals surface area contributed by atoms with Crippen molar-refractivity contribution in [1.82, 2.24) is 0 Å². The maximum absolute atomic E-state index is 2.95. The van der Waals surface area contributed by atoms with Crippen LogP contribution >= 0.6 is 0 Å². The van der Waals surface area contributed by atoms with Gasteiger partial charge in [0.2, 0.25) is 0 Å². The molecule has 1 rings (SSSR count). The van der Waals surface area contributed by atoms with Crippen LogP contribution in [-0.2, 0) is 18.3 Å². The van der Waals surface area contributed by atoms with Gasteiger partial charge in [-0.2, -0.15) is 0 Å². The molecule has 0 unspecified atom stereocenters. The molecule has 52 valence electrons. The van der Waals surface area contributed by atoms with E-state index in [1.165, 1.54) is 29.9 Å². The number of allylic oxidation sites excluding steroid dienone is 4. The predicted molar refractivity (Wildman–Crippen MR) is 35.7 cm³/mol. The van der Waals surface area contributed by atoms with Crippen LogP contribution in [0, 0.1) is 0 Å². The van der Waals surface area contributed by atoms with Crippen LogP contribution in [0.4, 0.5) is 0 Å². The van der Waals surface area contributed by atoms with Crippen LogP contribution < -0.4 is 0 Å². The summed E-state index contributed by atoms with van der Waals surface area (Å²) in [5, 5.41) is 0. The standard InChI is InChI=1S/C8H11.Rh/c1-2-4-6-8-7-5-3-1;/h1-3H,4,6-8H2;/b2-1-,5-3?;. The van der Waals surface area contributed by atoms with Gasteiger partial charge in [0.15, 0.2) is 0 Å².